The zero-order valence-corrected chi connectivity index (χ0v) is 8.14. The minimum absolute atomic E-state index is 0.159. The molecule has 0 aromatic heterocycles. The maximum absolute atomic E-state index is 10.6. The summed E-state index contributed by atoms with van der Waals surface area (Å²) in [6.45, 7) is 0.159. The largest absolute Gasteiger partial charge is 0.477 e. The quantitative estimate of drug-likeness (QED) is 0.598. The van der Waals surface area contributed by atoms with Crippen molar-refractivity contribution in [2.45, 2.75) is 0 Å². The first-order valence-electron chi connectivity index (χ1n) is 4.45. The monoisotopic (exact) mass is 217 g/mol. The maximum atomic E-state index is 10.6. The minimum atomic E-state index is -1.25. The van der Waals surface area contributed by atoms with Crippen LogP contribution in [0.15, 0.2) is 23.8 Å². The van der Waals surface area contributed by atoms with E-state index in [1.807, 2.05) is 0 Å². The van der Waals surface area contributed by atoms with Gasteiger partial charge < -0.3 is 14.6 Å². The number of hydrogen-bond donors (Lipinski definition) is 1. The van der Waals surface area contributed by atoms with Gasteiger partial charge in [0.25, 0.3) is 0 Å². The lowest BCUT2D eigenvalue weighted by Crippen LogP contribution is -1.97. The molecule has 1 N–H and O–H groups in total. The highest BCUT2D eigenvalue weighted by molar-refractivity contribution is 5.96. The molecule has 0 aliphatic carbocycles. The van der Waals surface area contributed by atoms with E-state index in [0.29, 0.717) is 17.1 Å². The summed E-state index contributed by atoms with van der Waals surface area (Å²) in [5.41, 5.74) is 0.266. The van der Waals surface area contributed by atoms with Crippen LogP contribution in [0, 0.1) is 11.3 Å². The number of aliphatic carboxylic acids is 1. The standard InChI is InChI=1S/C11H7NO4/c12-5-8(11(13)14)3-7-1-2-9-10(4-7)16-6-15-9/h1-4H,6H2,(H,13,14)/b8-3-. The summed E-state index contributed by atoms with van der Waals surface area (Å²) in [6, 6.07) is 6.57. The summed E-state index contributed by atoms with van der Waals surface area (Å²) in [5, 5.41) is 17.3. The molecule has 80 valence electrons. The van der Waals surface area contributed by atoms with Crippen LogP contribution in [-0.4, -0.2) is 17.9 Å². The summed E-state index contributed by atoms with van der Waals surface area (Å²) >= 11 is 0. The van der Waals surface area contributed by atoms with Gasteiger partial charge in [0.15, 0.2) is 11.5 Å². The van der Waals surface area contributed by atoms with Crippen molar-refractivity contribution in [3.05, 3.63) is 29.3 Å². The zero-order valence-electron chi connectivity index (χ0n) is 8.14. The molecule has 5 nitrogen and oxygen atoms in total. The van der Waals surface area contributed by atoms with E-state index in [9.17, 15) is 4.79 Å². The molecule has 1 heterocycles. The first-order valence-corrected chi connectivity index (χ1v) is 4.45. The van der Waals surface area contributed by atoms with Crippen molar-refractivity contribution < 1.29 is 19.4 Å². The van der Waals surface area contributed by atoms with E-state index in [4.69, 9.17) is 19.8 Å². The lowest BCUT2D eigenvalue weighted by Gasteiger charge is -1.97. The SMILES string of the molecule is N#C/C(=C/c1ccc2c(c1)OCO2)C(=O)O. The van der Waals surface area contributed by atoms with Crippen LogP contribution < -0.4 is 9.47 Å². The summed E-state index contributed by atoms with van der Waals surface area (Å²) < 4.78 is 10.2. The molecule has 0 saturated heterocycles. The predicted octanol–water partition coefficient (Wildman–Crippen LogP) is 1.41. The third-order valence-electron chi connectivity index (χ3n) is 2.06. The molecular formula is C11H7NO4. The number of fused-ring (bicyclic) bond motifs is 1. The normalized spacial score (nSPS) is 13.3. The molecule has 0 bridgehead atoms. The fourth-order valence-corrected chi connectivity index (χ4v) is 1.31. The molecule has 1 aliphatic heterocycles. The molecule has 0 fully saturated rings. The second-order valence-corrected chi connectivity index (χ2v) is 3.09. The second kappa shape index (κ2) is 3.95. The number of hydrogen-bond acceptors (Lipinski definition) is 4. The number of nitrogens with zero attached hydrogens (tertiary/aromatic N) is 1. The van der Waals surface area contributed by atoms with E-state index in [1.54, 1.807) is 24.3 Å². The van der Waals surface area contributed by atoms with E-state index in [-0.39, 0.29) is 12.4 Å². The minimum Gasteiger partial charge on any atom is -0.477 e. The topological polar surface area (TPSA) is 79.5 Å². The Bertz CT molecular complexity index is 513. The van der Waals surface area contributed by atoms with Crippen LogP contribution in [0.5, 0.6) is 11.5 Å². The number of carboxylic acids is 1. The van der Waals surface area contributed by atoms with Gasteiger partial charge in [0.2, 0.25) is 6.79 Å². The Hall–Kier alpha value is -2.48. The highest BCUT2D eigenvalue weighted by atomic mass is 16.7. The van der Waals surface area contributed by atoms with Gasteiger partial charge in [-0.25, -0.2) is 4.79 Å². The number of nitriles is 1. The molecule has 16 heavy (non-hydrogen) atoms. The highest BCUT2D eigenvalue weighted by Gasteiger charge is 2.13. The summed E-state index contributed by atoms with van der Waals surface area (Å²) in [4.78, 5) is 10.6. The highest BCUT2D eigenvalue weighted by Crippen LogP contribution is 2.32. The fraction of sp³-hybridized carbons (Fsp3) is 0.0909. The molecule has 2 rings (SSSR count). The third kappa shape index (κ3) is 1.81. The van der Waals surface area contributed by atoms with Gasteiger partial charge in [0.1, 0.15) is 11.6 Å². The molecule has 5 heteroatoms. The van der Waals surface area contributed by atoms with E-state index in [2.05, 4.69) is 0 Å². The van der Waals surface area contributed by atoms with Crippen molar-refractivity contribution in [3.8, 4) is 17.6 Å². The molecule has 0 amide bonds. The Morgan fingerprint density at radius 1 is 1.44 bits per heavy atom. The van der Waals surface area contributed by atoms with Crippen LogP contribution in [0.2, 0.25) is 0 Å². The van der Waals surface area contributed by atoms with Crippen molar-refractivity contribution in [2.24, 2.45) is 0 Å². The van der Waals surface area contributed by atoms with Crippen molar-refractivity contribution in [1.82, 2.24) is 0 Å². The number of carboxylic acid groups (broad SMARTS) is 1. The second-order valence-electron chi connectivity index (χ2n) is 3.09. The lowest BCUT2D eigenvalue weighted by molar-refractivity contribution is -0.132. The van der Waals surface area contributed by atoms with E-state index in [1.165, 1.54) is 6.08 Å². The number of ether oxygens (including phenoxy) is 2. The first kappa shape index (κ1) is 10.1. The Labute approximate surface area is 91.1 Å². The van der Waals surface area contributed by atoms with Gasteiger partial charge in [0, 0.05) is 0 Å². The van der Waals surface area contributed by atoms with Gasteiger partial charge >= 0.3 is 5.97 Å². The maximum Gasteiger partial charge on any atom is 0.346 e. The lowest BCUT2D eigenvalue weighted by atomic mass is 10.1. The predicted molar refractivity (Wildman–Crippen MR) is 53.8 cm³/mol. The summed E-state index contributed by atoms with van der Waals surface area (Å²) in [7, 11) is 0. The van der Waals surface area contributed by atoms with E-state index >= 15 is 0 Å². The van der Waals surface area contributed by atoms with Crippen LogP contribution >= 0.6 is 0 Å². The van der Waals surface area contributed by atoms with Crippen molar-refractivity contribution in [1.29, 1.82) is 5.26 Å². The molecule has 1 aliphatic rings. The van der Waals surface area contributed by atoms with Crippen LogP contribution in [0.4, 0.5) is 0 Å². The molecule has 1 aromatic carbocycles. The zero-order chi connectivity index (χ0) is 11.5. The summed E-state index contributed by atoms with van der Waals surface area (Å²) in [5.74, 6) is -0.0809. The molecule has 1 aromatic rings. The Kier molecular flexibility index (Phi) is 2.48. The van der Waals surface area contributed by atoms with Gasteiger partial charge in [-0.05, 0) is 23.8 Å². The first-order chi connectivity index (χ1) is 7.70. The number of rotatable bonds is 2. The van der Waals surface area contributed by atoms with Crippen molar-refractivity contribution in [3.63, 3.8) is 0 Å². The van der Waals surface area contributed by atoms with Crippen LogP contribution in [0.3, 0.4) is 0 Å². The van der Waals surface area contributed by atoms with E-state index in [0.717, 1.165) is 0 Å². The smallest absolute Gasteiger partial charge is 0.346 e. The number of benzene rings is 1. The van der Waals surface area contributed by atoms with Crippen molar-refractivity contribution >= 4 is 12.0 Å². The summed E-state index contributed by atoms with van der Waals surface area (Å²) in [6.07, 6.45) is 1.28. The molecule has 0 radical (unpaired) electrons. The number of carbonyl (C=O) groups is 1. The van der Waals surface area contributed by atoms with Crippen molar-refractivity contribution in [2.75, 3.05) is 6.79 Å². The van der Waals surface area contributed by atoms with Gasteiger partial charge in [-0.15, -0.1) is 0 Å². The van der Waals surface area contributed by atoms with Crippen LogP contribution in [-0.2, 0) is 4.79 Å². The van der Waals surface area contributed by atoms with E-state index < -0.39 is 5.97 Å². The average molecular weight is 217 g/mol. The Balaban J connectivity index is 2.36. The molecule has 0 atom stereocenters. The van der Waals surface area contributed by atoms with Crippen LogP contribution in [0.1, 0.15) is 5.56 Å². The van der Waals surface area contributed by atoms with Gasteiger partial charge in [-0.3, -0.25) is 0 Å². The van der Waals surface area contributed by atoms with Gasteiger partial charge in [-0.1, -0.05) is 6.07 Å². The van der Waals surface area contributed by atoms with Gasteiger partial charge in [0.05, 0.1) is 0 Å². The van der Waals surface area contributed by atoms with Crippen LogP contribution in [0.25, 0.3) is 6.08 Å². The molecule has 0 saturated carbocycles. The van der Waals surface area contributed by atoms with Gasteiger partial charge in [-0.2, -0.15) is 5.26 Å². The molecule has 0 unspecified atom stereocenters. The fourth-order valence-electron chi connectivity index (χ4n) is 1.31. The Morgan fingerprint density at radius 2 is 2.19 bits per heavy atom. The molecule has 0 spiro atoms. The third-order valence-corrected chi connectivity index (χ3v) is 2.06. The Morgan fingerprint density at radius 3 is 2.88 bits per heavy atom. The average Bonchev–Trinajstić information content (AvgIpc) is 2.72. The molecular weight excluding hydrogens is 210 g/mol.